The molecular weight excluding hydrogens is 304 g/mol. The van der Waals surface area contributed by atoms with E-state index in [-0.39, 0.29) is 11.4 Å². The first-order valence-electron chi connectivity index (χ1n) is 6.73. The summed E-state index contributed by atoms with van der Waals surface area (Å²) in [6.45, 7) is 2.08. The van der Waals surface area contributed by atoms with Gasteiger partial charge < -0.3 is 0 Å². The van der Waals surface area contributed by atoms with Crippen LogP contribution >= 0.6 is 0 Å². The molecule has 0 amide bonds. The summed E-state index contributed by atoms with van der Waals surface area (Å²) in [5.74, 6) is -0.201. The first kappa shape index (κ1) is 16.0. The van der Waals surface area contributed by atoms with Crippen LogP contribution in [0.2, 0.25) is 0 Å². The second-order valence-corrected chi connectivity index (χ2v) is 6.57. The molecule has 0 unspecified atom stereocenters. The van der Waals surface area contributed by atoms with Gasteiger partial charge in [-0.05, 0) is 24.6 Å². The summed E-state index contributed by atoms with van der Waals surface area (Å²) < 4.78 is 26.4. The Balaban J connectivity index is 2.24. The van der Waals surface area contributed by atoms with Crippen LogP contribution in [0.15, 0.2) is 54.6 Å². The number of sulfonamides is 1. The molecule has 0 heterocycles. The van der Waals surface area contributed by atoms with E-state index in [2.05, 4.69) is 0 Å². The lowest BCUT2D eigenvalue weighted by Crippen LogP contribution is -2.31. The smallest absolute Gasteiger partial charge is 0.269 e. The van der Waals surface area contributed by atoms with E-state index in [0.29, 0.717) is 17.8 Å². The molecule has 0 aliphatic heterocycles. The van der Waals surface area contributed by atoms with Crippen molar-refractivity contribution in [2.75, 3.05) is 10.8 Å². The molecule has 0 saturated heterocycles. The van der Waals surface area contributed by atoms with Crippen molar-refractivity contribution in [2.45, 2.75) is 12.7 Å². The third kappa shape index (κ3) is 3.62. The zero-order valence-corrected chi connectivity index (χ0v) is 12.9. The van der Waals surface area contributed by atoms with Gasteiger partial charge in [0, 0.05) is 18.7 Å². The second-order valence-electron chi connectivity index (χ2n) is 4.68. The molecule has 0 fully saturated rings. The van der Waals surface area contributed by atoms with Crippen LogP contribution < -0.4 is 4.31 Å². The molecule has 0 aliphatic rings. The fraction of sp³-hybridized carbons (Fsp3) is 0.200. The Morgan fingerprint density at radius 1 is 1.05 bits per heavy atom. The molecule has 0 radical (unpaired) electrons. The molecule has 2 aromatic carbocycles. The van der Waals surface area contributed by atoms with Crippen LogP contribution in [0.1, 0.15) is 12.5 Å². The summed E-state index contributed by atoms with van der Waals surface area (Å²) in [5.41, 5.74) is 1.06. The molecule has 0 aliphatic carbocycles. The van der Waals surface area contributed by atoms with Gasteiger partial charge in [0.05, 0.1) is 16.4 Å². The van der Waals surface area contributed by atoms with Gasteiger partial charge in [-0.3, -0.25) is 14.4 Å². The fourth-order valence-corrected chi connectivity index (χ4v) is 3.74. The average Bonchev–Trinajstić information content (AvgIpc) is 2.49. The van der Waals surface area contributed by atoms with Gasteiger partial charge >= 0.3 is 0 Å². The lowest BCUT2D eigenvalue weighted by molar-refractivity contribution is -0.384. The van der Waals surface area contributed by atoms with Gasteiger partial charge in [-0.25, -0.2) is 8.42 Å². The van der Waals surface area contributed by atoms with Crippen molar-refractivity contribution in [2.24, 2.45) is 0 Å². The molecule has 0 atom stereocenters. The lowest BCUT2D eigenvalue weighted by Gasteiger charge is -2.22. The van der Waals surface area contributed by atoms with Crippen molar-refractivity contribution in [3.63, 3.8) is 0 Å². The predicted octanol–water partition coefficient (Wildman–Crippen LogP) is 2.95. The zero-order chi connectivity index (χ0) is 16.2. The topological polar surface area (TPSA) is 80.5 Å². The van der Waals surface area contributed by atoms with E-state index >= 15 is 0 Å². The number of rotatable bonds is 6. The van der Waals surface area contributed by atoms with Crippen molar-refractivity contribution in [1.82, 2.24) is 0 Å². The monoisotopic (exact) mass is 320 g/mol. The van der Waals surface area contributed by atoms with Gasteiger partial charge in [-0.15, -0.1) is 0 Å². The van der Waals surface area contributed by atoms with Crippen molar-refractivity contribution in [3.05, 3.63) is 70.3 Å². The normalized spacial score (nSPS) is 11.1. The minimum Gasteiger partial charge on any atom is -0.270 e. The first-order valence-corrected chi connectivity index (χ1v) is 8.34. The Labute approximate surface area is 129 Å². The van der Waals surface area contributed by atoms with Crippen LogP contribution in [0.3, 0.4) is 0 Å². The minimum absolute atomic E-state index is 0.0587. The quantitative estimate of drug-likeness (QED) is 0.605. The highest BCUT2D eigenvalue weighted by atomic mass is 32.2. The van der Waals surface area contributed by atoms with Crippen molar-refractivity contribution >= 4 is 21.4 Å². The molecule has 116 valence electrons. The molecule has 22 heavy (non-hydrogen) atoms. The highest BCUT2D eigenvalue weighted by Gasteiger charge is 2.21. The fourth-order valence-electron chi connectivity index (χ4n) is 2.14. The molecule has 0 spiro atoms. The van der Waals surface area contributed by atoms with Crippen LogP contribution in [0.4, 0.5) is 11.4 Å². The number of nitro benzene ring substituents is 1. The summed E-state index contributed by atoms with van der Waals surface area (Å²) in [4.78, 5) is 10.1. The molecule has 2 rings (SSSR count). The maximum atomic E-state index is 12.5. The number of non-ortho nitro benzene ring substituents is 1. The molecule has 0 N–H and O–H groups in total. The first-order chi connectivity index (χ1) is 10.4. The number of para-hydroxylation sites is 1. The van der Waals surface area contributed by atoms with Crippen LogP contribution in [-0.2, 0) is 15.8 Å². The van der Waals surface area contributed by atoms with E-state index in [0.717, 1.165) is 0 Å². The Bertz CT molecular complexity index is 743. The van der Waals surface area contributed by atoms with Gasteiger partial charge in [0.1, 0.15) is 0 Å². The Kier molecular flexibility index (Phi) is 4.77. The maximum absolute atomic E-state index is 12.5. The molecule has 6 nitrogen and oxygen atoms in total. The summed E-state index contributed by atoms with van der Waals surface area (Å²) >= 11 is 0. The number of hydrogen-bond donors (Lipinski definition) is 0. The van der Waals surface area contributed by atoms with Crippen molar-refractivity contribution in [1.29, 1.82) is 0 Å². The molecular formula is C15H16N2O4S. The average molecular weight is 320 g/mol. The SMILES string of the molecule is CCN(c1ccccc1)S(=O)(=O)Cc1ccc([N+](=O)[O-])cc1. The van der Waals surface area contributed by atoms with E-state index in [4.69, 9.17) is 0 Å². The Morgan fingerprint density at radius 3 is 2.14 bits per heavy atom. The molecule has 2 aromatic rings. The molecule has 0 bridgehead atoms. The van der Waals surface area contributed by atoms with Crippen LogP contribution in [0, 0.1) is 10.1 Å². The van der Waals surface area contributed by atoms with Crippen LogP contribution in [0.25, 0.3) is 0 Å². The van der Waals surface area contributed by atoms with E-state index in [1.54, 1.807) is 31.2 Å². The summed E-state index contributed by atoms with van der Waals surface area (Å²) in [6.07, 6.45) is 0. The third-order valence-corrected chi connectivity index (χ3v) is 5.00. The summed E-state index contributed by atoms with van der Waals surface area (Å²) in [6, 6.07) is 14.4. The second kappa shape index (κ2) is 6.57. The number of hydrogen-bond acceptors (Lipinski definition) is 4. The van der Waals surface area contributed by atoms with Gasteiger partial charge in [0.15, 0.2) is 0 Å². The minimum atomic E-state index is -3.55. The summed E-state index contributed by atoms with van der Waals surface area (Å²) in [7, 11) is -3.55. The van der Waals surface area contributed by atoms with Gasteiger partial charge in [-0.2, -0.15) is 0 Å². The van der Waals surface area contributed by atoms with E-state index < -0.39 is 14.9 Å². The maximum Gasteiger partial charge on any atom is 0.269 e. The molecule has 7 heteroatoms. The standard InChI is InChI=1S/C15H16N2O4S/c1-2-16(14-6-4-3-5-7-14)22(20,21)12-13-8-10-15(11-9-13)17(18)19/h3-11H,2,12H2,1H3. The van der Waals surface area contributed by atoms with Crippen LogP contribution in [0.5, 0.6) is 0 Å². The number of nitro groups is 1. The number of benzene rings is 2. The van der Waals surface area contributed by atoms with E-state index in [9.17, 15) is 18.5 Å². The highest BCUT2D eigenvalue weighted by molar-refractivity contribution is 7.92. The number of nitrogens with zero attached hydrogens (tertiary/aromatic N) is 2. The predicted molar refractivity (Wildman–Crippen MR) is 85.2 cm³/mol. The summed E-state index contributed by atoms with van der Waals surface area (Å²) in [5, 5.41) is 10.6. The van der Waals surface area contributed by atoms with E-state index in [1.165, 1.54) is 28.6 Å². The van der Waals surface area contributed by atoms with Crippen LogP contribution in [-0.4, -0.2) is 19.9 Å². The van der Waals surface area contributed by atoms with Gasteiger partial charge in [0.2, 0.25) is 10.0 Å². The van der Waals surface area contributed by atoms with E-state index in [1.807, 2.05) is 6.07 Å². The largest absolute Gasteiger partial charge is 0.270 e. The Hall–Kier alpha value is -2.41. The van der Waals surface area contributed by atoms with Gasteiger partial charge in [-0.1, -0.05) is 30.3 Å². The zero-order valence-electron chi connectivity index (χ0n) is 12.0. The molecule has 0 aromatic heterocycles. The molecule has 0 saturated carbocycles. The lowest BCUT2D eigenvalue weighted by atomic mass is 10.2. The highest BCUT2D eigenvalue weighted by Crippen LogP contribution is 2.21. The third-order valence-electron chi connectivity index (χ3n) is 3.16. The number of anilines is 1. The Morgan fingerprint density at radius 2 is 1.64 bits per heavy atom. The van der Waals surface area contributed by atoms with Crippen molar-refractivity contribution < 1.29 is 13.3 Å². The van der Waals surface area contributed by atoms with Crippen molar-refractivity contribution in [3.8, 4) is 0 Å². The van der Waals surface area contributed by atoms with Gasteiger partial charge in [0.25, 0.3) is 5.69 Å².